The number of hydrogen-bond acceptors (Lipinski definition) is 4. The first-order chi connectivity index (χ1) is 7.68. The molecule has 2 N–H and O–H groups in total. The Kier molecular flexibility index (Phi) is 3.41. The van der Waals surface area contributed by atoms with Gasteiger partial charge in [-0.1, -0.05) is 0 Å². The summed E-state index contributed by atoms with van der Waals surface area (Å²) in [7, 11) is 0. The standard InChI is InChI=1S/C12H19N3O/c1-9-7-11(10(2)13)8-14-12(9)15-3-5-16-6-4-15/h7-8,10H,3-6,13H2,1-2H3. The van der Waals surface area contributed by atoms with E-state index < -0.39 is 0 Å². The zero-order valence-corrected chi connectivity index (χ0v) is 9.94. The molecule has 2 heterocycles. The van der Waals surface area contributed by atoms with E-state index in [9.17, 15) is 0 Å². The monoisotopic (exact) mass is 221 g/mol. The molecule has 1 atom stereocenters. The van der Waals surface area contributed by atoms with Crippen LogP contribution in [0.2, 0.25) is 0 Å². The quantitative estimate of drug-likeness (QED) is 0.816. The van der Waals surface area contributed by atoms with Crippen molar-refractivity contribution < 1.29 is 4.74 Å². The molecule has 2 rings (SSSR count). The smallest absolute Gasteiger partial charge is 0.131 e. The summed E-state index contributed by atoms with van der Waals surface area (Å²) in [5, 5.41) is 0. The van der Waals surface area contributed by atoms with Crippen LogP contribution in [0.3, 0.4) is 0 Å². The highest BCUT2D eigenvalue weighted by atomic mass is 16.5. The minimum absolute atomic E-state index is 0.0462. The van der Waals surface area contributed by atoms with E-state index in [1.807, 2.05) is 13.1 Å². The van der Waals surface area contributed by atoms with Gasteiger partial charge in [-0.15, -0.1) is 0 Å². The number of aromatic nitrogens is 1. The van der Waals surface area contributed by atoms with E-state index in [2.05, 4.69) is 22.9 Å². The number of rotatable bonds is 2. The van der Waals surface area contributed by atoms with Gasteiger partial charge in [0.05, 0.1) is 13.2 Å². The second kappa shape index (κ2) is 4.80. The van der Waals surface area contributed by atoms with Crippen LogP contribution in [-0.4, -0.2) is 31.3 Å². The number of hydrogen-bond donors (Lipinski definition) is 1. The number of nitrogens with two attached hydrogens (primary N) is 1. The van der Waals surface area contributed by atoms with Crippen molar-refractivity contribution in [3.8, 4) is 0 Å². The maximum absolute atomic E-state index is 5.84. The van der Waals surface area contributed by atoms with Gasteiger partial charge in [0.1, 0.15) is 5.82 Å². The molecule has 1 fully saturated rings. The molecule has 0 bridgehead atoms. The molecule has 0 amide bonds. The fraction of sp³-hybridized carbons (Fsp3) is 0.583. The van der Waals surface area contributed by atoms with Crippen LogP contribution >= 0.6 is 0 Å². The molecule has 0 spiro atoms. The first-order valence-corrected chi connectivity index (χ1v) is 5.73. The number of ether oxygens (including phenoxy) is 1. The summed E-state index contributed by atoms with van der Waals surface area (Å²) >= 11 is 0. The van der Waals surface area contributed by atoms with E-state index in [0.717, 1.165) is 37.7 Å². The minimum atomic E-state index is 0.0462. The predicted octanol–water partition coefficient (Wildman–Crippen LogP) is 1.25. The Labute approximate surface area is 96.4 Å². The Morgan fingerprint density at radius 3 is 2.69 bits per heavy atom. The van der Waals surface area contributed by atoms with Crippen LogP contribution in [0.25, 0.3) is 0 Å². The average molecular weight is 221 g/mol. The largest absolute Gasteiger partial charge is 0.378 e. The fourth-order valence-corrected chi connectivity index (χ4v) is 1.94. The third kappa shape index (κ3) is 2.33. The highest BCUT2D eigenvalue weighted by Gasteiger charge is 2.15. The van der Waals surface area contributed by atoms with Crippen molar-refractivity contribution in [1.82, 2.24) is 4.98 Å². The van der Waals surface area contributed by atoms with Crippen molar-refractivity contribution in [2.45, 2.75) is 19.9 Å². The Morgan fingerprint density at radius 1 is 1.44 bits per heavy atom. The summed E-state index contributed by atoms with van der Waals surface area (Å²) in [5.74, 6) is 1.06. The van der Waals surface area contributed by atoms with Crippen molar-refractivity contribution in [3.63, 3.8) is 0 Å². The molecule has 16 heavy (non-hydrogen) atoms. The summed E-state index contributed by atoms with van der Waals surface area (Å²) < 4.78 is 5.33. The van der Waals surface area contributed by atoms with Gasteiger partial charge in [0.2, 0.25) is 0 Å². The number of nitrogens with zero attached hydrogens (tertiary/aromatic N) is 2. The maximum atomic E-state index is 5.84. The number of aryl methyl sites for hydroxylation is 1. The maximum Gasteiger partial charge on any atom is 0.131 e. The second-order valence-corrected chi connectivity index (χ2v) is 4.30. The Bertz CT molecular complexity index is 359. The molecule has 0 aromatic carbocycles. The Hall–Kier alpha value is -1.13. The second-order valence-electron chi connectivity index (χ2n) is 4.30. The van der Waals surface area contributed by atoms with E-state index in [1.54, 1.807) is 0 Å². The molecule has 4 heteroatoms. The van der Waals surface area contributed by atoms with Crippen molar-refractivity contribution in [2.75, 3.05) is 31.2 Å². The summed E-state index contributed by atoms with van der Waals surface area (Å²) in [6, 6.07) is 2.17. The van der Waals surface area contributed by atoms with E-state index in [1.165, 1.54) is 5.56 Å². The molecule has 1 aromatic heterocycles. The fourth-order valence-electron chi connectivity index (χ4n) is 1.94. The van der Waals surface area contributed by atoms with Gasteiger partial charge < -0.3 is 15.4 Å². The molecule has 0 saturated carbocycles. The van der Waals surface area contributed by atoms with Crippen molar-refractivity contribution in [3.05, 3.63) is 23.4 Å². The molecule has 1 saturated heterocycles. The van der Waals surface area contributed by atoms with E-state index in [0.29, 0.717) is 0 Å². The molecular formula is C12H19N3O. The highest BCUT2D eigenvalue weighted by molar-refractivity contribution is 5.48. The van der Waals surface area contributed by atoms with Crippen LogP contribution in [0.4, 0.5) is 5.82 Å². The highest BCUT2D eigenvalue weighted by Crippen LogP contribution is 2.21. The molecule has 88 valence electrons. The van der Waals surface area contributed by atoms with E-state index in [-0.39, 0.29) is 6.04 Å². The molecule has 1 aromatic rings. The van der Waals surface area contributed by atoms with E-state index in [4.69, 9.17) is 10.5 Å². The van der Waals surface area contributed by atoms with E-state index >= 15 is 0 Å². The van der Waals surface area contributed by atoms with Gasteiger partial charge in [0, 0.05) is 25.3 Å². The number of pyridine rings is 1. The third-order valence-corrected chi connectivity index (χ3v) is 2.91. The minimum Gasteiger partial charge on any atom is -0.378 e. The van der Waals surface area contributed by atoms with Gasteiger partial charge in [-0.05, 0) is 31.0 Å². The Morgan fingerprint density at radius 2 is 2.12 bits per heavy atom. The van der Waals surface area contributed by atoms with Crippen molar-refractivity contribution in [2.24, 2.45) is 5.73 Å². The summed E-state index contributed by atoms with van der Waals surface area (Å²) in [6.45, 7) is 7.48. The predicted molar refractivity (Wildman–Crippen MR) is 64.6 cm³/mol. The van der Waals surface area contributed by atoms with Gasteiger partial charge in [0.15, 0.2) is 0 Å². The van der Waals surface area contributed by atoms with Gasteiger partial charge >= 0.3 is 0 Å². The lowest BCUT2D eigenvalue weighted by Crippen LogP contribution is -2.37. The Balaban J connectivity index is 2.21. The van der Waals surface area contributed by atoms with Crippen LogP contribution in [0, 0.1) is 6.92 Å². The topological polar surface area (TPSA) is 51.4 Å². The lowest BCUT2D eigenvalue weighted by atomic mass is 10.1. The number of morpholine rings is 1. The van der Waals surface area contributed by atoms with Crippen LogP contribution < -0.4 is 10.6 Å². The average Bonchev–Trinajstić information content (AvgIpc) is 2.30. The first kappa shape index (κ1) is 11.4. The summed E-state index contributed by atoms with van der Waals surface area (Å²) in [5.41, 5.74) is 8.12. The van der Waals surface area contributed by atoms with Crippen LogP contribution in [0.5, 0.6) is 0 Å². The van der Waals surface area contributed by atoms with Crippen LogP contribution in [-0.2, 0) is 4.74 Å². The molecule has 0 aliphatic carbocycles. The molecule has 1 unspecified atom stereocenters. The molecule has 0 radical (unpaired) electrons. The van der Waals surface area contributed by atoms with Crippen LogP contribution in [0.1, 0.15) is 24.1 Å². The van der Waals surface area contributed by atoms with Crippen molar-refractivity contribution in [1.29, 1.82) is 0 Å². The first-order valence-electron chi connectivity index (χ1n) is 5.73. The van der Waals surface area contributed by atoms with Gasteiger partial charge in [-0.2, -0.15) is 0 Å². The molecule has 4 nitrogen and oxygen atoms in total. The third-order valence-electron chi connectivity index (χ3n) is 2.91. The molecule has 1 aliphatic heterocycles. The lowest BCUT2D eigenvalue weighted by molar-refractivity contribution is 0.122. The number of anilines is 1. The summed E-state index contributed by atoms with van der Waals surface area (Å²) in [4.78, 5) is 6.78. The van der Waals surface area contributed by atoms with Gasteiger partial charge in [-0.25, -0.2) is 4.98 Å². The lowest BCUT2D eigenvalue weighted by Gasteiger charge is -2.29. The van der Waals surface area contributed by atoms with Gasteiger partial charge in [-0.3, -0.25) is 0 Å². The zero-order chi connectivity index (χ0) is 11.5. The van der Waals surface area contributed by atoms with Gasteiger partial charge in [0.25, 0.3) is 0 Å². The zero-order valence-electron chi connectivity index (χ0n) is 9.94. The molecule has 1 aliphatic rings. The SMILES string of the molecule is Cc1cc(C(C)N)cnc1N1CCOCC1. The normalized spacial score (nSPS) is 18.6. The van der Waals surface area contributed by atoms with Crippen molar-refractivity contribution >= 4 is 5.82 Å². The van der Waals surface area contributed by atoms with Crippen LogP contribution in [0.15, 0.2) is 12.3 Å². The molecular weight excluding hydrogens is 202 g/mol. The summed E-state index contributed by atoms with van der Waals surface area (Å²) in [6.07, 6.45) is 1.88.